The van der Waals surface area contributed by atoms with Gasteiger partial charge in [-0.3, -0.25) is 9.59 Å². The predicted molar refractivity (Wildman–Crippen MR) is 127 cm³/mol. The van der Waals surface area contributed by atoms with Crippen molar-refractivity contribution in [1.82, 2.24) is 15.5 Å². The lowest BCUT2D eigenvalue weighted by atomic mass is 9.79. The van der Waals surface area contributed by atoms with Gasteiger partial charge in [0.1, 0.15) is 5.70 Å². The van der Waals surface area contributed by atoms with E-state index in [0.717, 1.165) is 0 Å². The Hall–Kier alpha value is -2.45. The van der Waals surface area contributed by atoms with Crippen molar-refractivity contribution in [2.75, 3.05) is 6.54 Å². The number of amides is 2. The van der Waals surface area contributed by atoms with E-state index in [4.69, 9.17) is 5.14 Å². The second kappa shape index (κ2) is 9.54. The standard InChI is InChI=1S/C22H28N4O7S2/c1-10-17-16(11(2)27)21(29)26(17)18(22(30)31)19(10)34-13-7-15(24-9-13)20(28)25-8-12-3-5-14(6-4-12)35(23,32)33/h3-6,10-11,13,15-17,24,27H,7-9H2,1-2H3,(H,25,28)(H,30,31)(H2,23,32,33). The van der Waals surface area contributed by atoms with E-state index in [-0.39, 0.29) is 46.2 Å². The summed E-state index contributed by atoms with van der Waals surface area (Å²) < 4.78 is 22.7. The zero-order chi connectivity index (χ0) is 25.7. The molecular weight excluding hydrogens is 496 g/mol. The Morgan fingerprint density at radius 1 is 1.31 bits per heavy atom. The Morgan fingerprint density at radius 2 is 1.97 bits per heavy atom. The third-order valence-corrected chi connectivity index (χ3v) is 9.17. The molecule has 0 spiro atoms. The highest BCUT2D eigenvalue weighted by Gasteiger charge is 2.60. The quantitative estimate of drug-likeness (QED) is 0.282. The van der Waals surface area contributed by atoms with Crippen molar-refractivity contribution >= 4 is 39.6 Å². The molecule has 6 N–H and O–H groups in total. The zero-order valence-corrected chi connectivity index (χ0v) is 20.8. The van der Waals surface area contributed by atoms with Crippen molar-refractivity contribution in [1.29, 1.82) is 0 Å². The number of carbonyl (C=O) groups is 3. The van der Waals surface area contributed by atoms with Crippen molar-refractivity contribution in [2.45, 2.75) is 55.1 Å². The number of carbonyl (C=O) groups excluding carboxylic acids is 2. The van der Waals surface area contributed by atoms with Gasteiger partial charge in [-0.05, 0) is 31.0 Å². The molecule has 3 heterocycles. The number of thioether (sulfide) groups is 1. The van der Waals surface area contributed by atoms with Gasteiger partial charge in [0.25, 0.3) is 0 Å². The minimum Gasteiger partial charge on any atom is -0.477 e. The van der Waals surface area contributed by atoms with Crippen LogP contribution in [-0.2, 0) is 31.0 Å². The fraction of sp³-hybridized carbons (Fsp3) is 0.500. The van der Waals surface area contributed by atoms with Crippen LogP contribution in [0.1, 0.15) is 25.8 Å². The lowest BCUT2D eigenvalue weighted by Gasteiger charge is -2.46. The van der Waals surface area contributed by atoms with Crippen LogP contribution in [0.2, 0.25) is 0 Å². The summed E-state index contributed by atoms with van der Waals surface area (Å²) in [6, 6.07) is 5.07. The van der Waals surface area contributed by atoms with Crippen LogP contribution in [0.4, 0.5) is 0 Å². The molecule has 1 aromatic carbocycles. The number of nitrogens with zero attached hydrogens (tertiary/aromatic N) is 1. The lowest BCUT2D eigenvalue weighted by molar-refractivity contribution is -0.163. The molecule has 3 aliphatic rings. The zero-order valence-electron chi connectivity index (χ0n) is 19.2. The number of nitrogens with two attached hydrogens (primary N) is 1. The molecule has 4 rings (SSSR count). The molecule has 2 saturated heterocycles. The van der Waals surface area contributed by atoms with E-state index in [1.165, 1.54) is 35.7 Å². The van der Waals surface area contributed by atoms with Gasteiger partial charge in [0, 0.05) is 29.2 Å². The molecule has 0 aromatic heterocycles. The summed E-state index contributed by atoms with van der Waals surface area (Å²) >= 11 is 1.37. The van der Waals surface area contributed by atoms with Crippen LogP contribution in [0.5, 0.6) is 0 Å². The van der Waals surface area contributed by atoms with Crippen LogP contribution in [-0.4, -0.2) is 71.3 Å². The number of primary sulfonamides is 1. The first-order chi connectivity index (χ1) is 16.4. The van der Waals surface area contributed by atoms with Gasteiger partial charge in [-0.1, -0.05) is 19.1 Å². The van der Waals surface area contributed by atoms with Gasteiger partial charge in [0.2, 0.25) is 21.8 Å². The number of nitrogens with one attached hydrogen (secondary N) is 2. The summed E-state index contributed by atoms with van der Waals surface area (Å²) in [5.41, 5.74) is 0.692. The van der Waals surface area contributed by atoms with Gasteiger partial charge < -0.3 is 25.7 Å². The van der Waals surface area contributed by atoms with E-state index in [1.54, 1.807) is 12.1 Å². The molecule has 190 valence electrons. The van der Waals surface area contributed by atoms with Gasteiger partial charge >= 0.3 is 5.97 Å². The Labute approximate surface area is 207 Å². The van der Waals surface area contributed by atoms with Crippen LogP contribution in [0, 0.1) is 11.8 Å². The van der Waals surface area contributed by atoms with E-state index < -0.39 is 34.1 Å². The van der Waals surface area contributed by atoms with Crippen molar-refractivity contribution in [3.05, 3.63) is 40.4 Å². The fourth-order valence-electron chi connectivity index (χ4n) is 4.96. The van der Waals surface area contributed by atoms with Crippen LogP contribution >= 0.6 is 11.8 Å². The molecule has 3 aliphatic heterocycles. The topological polar surface area (TPSA) is 179 Å². The van der Waals surface area contributed by atoms with Crippen LogP contribution in [0.3, 0.4) is 0 Å². The van der Waals surface area contributed by atoms with Crippen molar-refractivity contribution < 1.29 is 33.0 Å². The number of aliphatic hydroxyl groups excluding tert-OH is 1. The van der Waals surface area contributed by atoms with E-state index >= 15 is 0 Å². The van der Waals surface area contributed by atoms with Gasteiger partial charge in [-0.15, -0.1) is 11.8 Å². The molecule has 6 unspecified atom stereocenters. The average molecular weight is 525 g/mol. The number of carboxylic acids is 1. The molecule has 1 aromatic rings. The summed E-state index contributed by atoms with van der Waals surface area (Å²) in [5, 5.41) is 30.7. The third-order valence-electron chi connectivity index (χ3n) is 6.73. The van der Waals surface area contributed by atoms with Gasteiger partial charge in [0.05, 0.1) is 29.0 Å². The highest BCUT2D eigenvalue weighted by atomic mass is 32.2. The molecule has 2 fully saturated rings. The maximum absolute atomic E-state index is 12.7. The first-order valence-electron chi connectivity index (χ1n) is 11.2. The van der Waals surface area contributed by atoms with Crippen LogP contribution in [0.25, 0.3) is 0 Å². The first kappa shape index (κ1) is 25.6. The molecule has 2 amide bonds. The van der Waals surface area contributed by atoms with Crippen molar-refractivity contribution in [3.63, 3.8) is 0 Å². The molecule has 0 saturated carbocycles. The van der Waals surface area contributed by atoms with Crippen molar-refractivity contribution in [2.24, 2.45) is 17.0 Å². The van der Waals surface area contributed by atoms with Crippen LogP contribution in [0.15, 0.2) is 39.8 Å². The summed E-state index contributed by atoms with van der Waals surface area (Å²) in [4.78, 5) is 39.0. The summed E-state index contributed by atoms with van der Waals surface area (Å²) in [7, 11) is -3.78. The molecular formula is C22H28N4O7S2. The number of benzene rings is 1. The Kier molecular flexibility index (Phi) is 6.99. The van der Waals surface area contributed by atoms with Crippen molar-refractivity contribution in [3.8, 4) is 0 Å². The molecule has 0 aliphatic carbocycles. The summed E-state index contributed by atoms with van der Waals surface area (Å²) in [5.74, 6) is -2.60. The number of sulfonamides is 1. The smallest absolute Gasteiger partial charge is 0.353 e. The predicted octanol–water partition coefficient (Wildman–Crippen LogP) is -0.432. The largest absolute Gasteiger partial charge is 0.477 e. The molecule has 35 heavy (non-hydrogen) atoms. The van der Waals surface area contributed by atoms with Crippen LogP contribution < -0.4 is 15.8 Å². The first-order valence-corrected chi connectivity index (χ1v) is 13.6. The number of hydrogen-bond acceptors (Lipinski definition) is 8. The SMILES string of the molecule is CC(O)C1C(=O)N2C(C(=O)O)=C(SC3CNC(C(=O)NCc4ccc(S(N)(=O)=O)cc4)C3)C(C)C12. The average Bonchev–Trinajstić information content (AvgIpc) is 3.33. The van der Waals surface area contributed by atoms with E-state index in [2.05, 4.69) is 10.6 Å². The molecule has 11 nitrogen and oxygen atoms in total. The number of aliphatic carboxylic acids is 1. The highest BCUT2D eigenvalue weighted by molar-refractivity contribution is 8.03. The highest BCUT2D eigenvalue weighted by Crippen LogP contribution is 2.51. The Bertz CT molecular complexity index is 1180. The normalized spacial score (nSPS) is 29.1. The van der Waals surface area contributed by atoms with E-state index in [9.17, 15) is 33.0 Å². The lowest BCUT2D eigenvalue weighted by Crippen LogP contribution is -2.63. The number of rotatable bonds is 8. The number of carboxylic acid groups (broad SMARTS) is 1. The number of aliphatic hydroxyl groups is 1. The maximum atomic E-state index is 12.7. The van der Waals surface area contributed by atoms with E-state index in [0.29, 0.717) is 23.4 Å². The molecule has 0 radical (unpaired) electrons. The second-order valence-electron chi connectivity index (χ2n) is 9.12. The Morgan fingerprint density at radius 3 is 2.54 bits per heavy atom. The van der Waals surface area contributed by atoms with Gasteiger partial charge in [-0.25, -0.2) is 18.4 Å². The van der Waals surface area contributed by atoms with E-state index in [1.807, 2.05) is 6.92 Å². The minimum atomic E-state index is -3.78. The minimum absolute atomic E-state index is 0.00712. The number of β-lactam (4-membered cyclic amide) rings is 1. The Balaban J connectivity index is 1.36. The monoisotopic (exact) mass is 524 g/mol. The number of hydrogen-bond donors (Lipinski definition) is 5. The molecule has 13 heteroatoms. The maximum Gasteiger partial charge on any atom is 0.353 e. The third kappa shape index (κ3) is 4.83. The molecule has 0 bridgehead atoms. The summed E-state index contributed by atoms with van der Waals surface area (Å²) in [6.45, 7) is 4.11. The number of fused-ring (bicyclic) bond motifs is 1. The second-order valence-corrected chi connectivity index (χ2v) is 12.0. The van der Waals surface area contributed by atoms with Gasteiger partial charge in [0.15, 0.2) is 0 Å². The summed E-state index contributed by atoms with van der Waals surface area (Å²) in [6.07, 6.45) is -0.384. The molecule has 6 atom stereocenters. The fourth-order valence-corrected chi connectivity index (χ4v) is 6.95. The van der Waals surface area contributed by atoms with Gasteiger partial charge in [-0.2, -0.15) is 0 Å².